The molecule has 0 unspecified atom stereocenters. The second kappa shape index (κ2) is 8.20. The molecule has 0 heterocycles. The van der Waals surface area contributed by atoms with Gasteiger partial charge in [0, 0.05) is 16.3 Å². The molecule has 0 saturated carbocycles. The lowest BCUT2D eigenvalue weighted by Crippen LogP contribution is -2.25. The van der Waals surface area contributed by atoms with Crippen molar-refractivity contribution >= 4 is 65.1 Å². The lowest BCUT2D eigenvalue weighted by atomic mass is 10.3. The second-order valence-corrected chi connectivity index (χ2v) is 8.07. The Kier molecular flexibility index (Phi) is 7.64. The first-order valence-electron chi connectivity index (χ1n) is 5.58. The summed E-state index contributed by atoms with van der Waals surface area (Å²) in [6.45, 7) is 0.373. The highest BCUT2D eigenvalue weighted by Crippen LogP contribution is 2.32. The SMILES string of the molecule is O=S(=O)(NCCCCCBr)c1c(Cl)cc(Br)cc1Cl. The topological polar surface area (TPSA) is 46.2 Å². The Labute approximate surface area is 140 Å². The summed E-state index contributed by atoms with van der Waals surface area (Å²) in [4.78, 5) is -0.0699. The highest BCUT2D eigenvalue weighted by atomic mass is 79.9. The summed E-state index contributed by atoms with van der Waals surface area (Å²) in [6.07, 6.45) is 2.74. The first-order valence-corrected chi connectivity index (χ1v) is 9.74. The van der Waals surface area contributed by atoms with Crippen LogP contribution in [0.25, 0.3) is 0 Å². The van der Waals surface area contributed by atoms with Gasteiger partial charge < -0.3 is 0 Å². The van der Waals surface area contributed by atoms with Crippen molar-refractivity contribution in [3.8, 4) is 0 Å². The summed E-state index contributed by atoms with van der Waals surface area (Å²) in [5.41, 5.74) is 0. The molecule has 8 heteroatoms. The summed E-state index contributed by atoms with van der Waals surface area (Å²) < 4.78 is 27.4. The Hall–Kier alpha value is 0.670. The Bertz CT molecular complexity index is 514. The van der Waals surface area contributed by atoms with E-state index in [4.69, 9.17) is 23.2 Å². The Balaban J connectivity index is 2.78. The van der Waals surface area contributed by atoms with Crippen LogP contribution in [0.15, 0.2) is 21.5 Å². The molecule has 0 bridgehead atoms. The molecule has 0 radical (unpaired) electrons. The highest BCUT2D eigenvalue weighted by molar-refractivity contribution is 9.10. The third kappa shape index (κ3) is 5.52. The minimum Gasteiger partial charge on any atom is -0.211 e. The van der Waals surface area contributed by atoms with Gasteiger partial charge >= 0.3 is 0 Å². The zero-order valence-electron chi connectivity index (χ0n) is 9.93. The quantitative estimate of drug-likeness (QED) is 0.484. The van der Waals surface area contributed by atoms with E-state index in [1.165, 1.54) is 12.1 Å². The third-order valence-electron chi connectivity index (χ3n) is 2.33. The van der Waals surface area contributed by atoms with Gasteiger partial charge in [-0.25, -0.2) is 13.1 Å². The van der Waals surface area contributed by atoms with Gasteiger partial charge in [0.15, 0.2) is 0 Å². The van der Waals surface area contributed by atoms with Gasteiger partial charge in [-0.1, -0.05) is 61.5 Å². The van der Waals surface area contributed by atoms with E-state index < -0.39 is 10.0 Å². The van der Waals surface area contributed by atoms with Crippen molar-refractivity contribution in [2.24, 2.45) is 0 Å². The maximum absolute atomic E-state index is 12.1. The molecule has 108 valence electrons. The molecule has 0 saturated heterocycles. The number of alkyl halides is 1. The Morgan fingerprint density at radius 2 is 1.68 bits per heavy atom. The average molecular weight is 454 g/mol. The van der Waals surface area contributed by atoms with E-state index in [1.807, 2.05) is 0 Å². The van der Waals surface area contributed by atoms with Crippen LogP contribution in [0.3, 0.4) is 0 Å². The maximum Gasteiger partial charge on any atom is 0.243 e. The fourth-order valence-electron chi connectivity index (χ4n) is 1.46. The summed E-state index contributed by atoms with van der Waals surface area (Å²) in [5.74, 6) is 0. The van der Waals surface area contributed by atoms with E-state index in [9.17, 15) is 8.42 Å². The molecule has 1 rings (SSSR count). The predicted molar refractivity (Wildman–Crippen MR) is 87.0 cm³/mol. The van der Waals surface area contributed by atoms with Crippen LogP contribution in [0.4, 0.5) is 0 Å². The van der Waals surface area contributed by atoms with Gasteiger partial charge in [-0.3, -0.25) is 0 Å². The number of halogens is 4. The van der Waals surface area contributed by atoms with Gasteiger partial charge in [-0.2, -0.15) is 0 Å². The molecule has 0 aliphatic rings. The number of nitrogens with one attached hydrogen (secondary N) is 1. The molecule has 0 aliphatic carbocycles. The van der Waals surface area contributed by atoms with Crippen LogP contribution in [0, 0.1) is 0 Å². The zero-order chi connectivity index (χ0) is 14.5. The van der Waals surface area contributed by atoms with Crippen LogP contribution in [0.5, 0.6) is 0 Å². The van der Waals surface area contributed by atoms with Crippen LogP contribution in [-0.2, 0) is 10.0 Å². The molecule has 0 amide bonds. The zero-order valence-corrected chi connectivity index (χ0v) is 15.4. The number of hydrogen-bond acceptors (Lipinski definition) is 2. The summed E-state index contributed by atoms with van der Waals surface area (Å²) in [6, 6.07) is 3.01. The fraction of sp³-hybridized carbons (Fsp3) is 0.455. The molecule has 19 heavy (non-hydrogen) atoms. The van der Waals surface area contributed by atoms with E-state index in [0.29, 0.717) is 11.0 Å². The molecule has 0 fully saturated rings. The van der Waals surface area contributed by atoms with Crippen LogP contribution >= 0.6 is 55.1 Å². The van der Waals surface area contributed by atoms with Gasteiger partial charge in [0.05, 0.1) is 10.0 Å². The lowest BCUT2D eigenvalue weighted by Gasteiger charge is -2.10. The van der Waals surface area contributed by atoms with Gasteiger partial charge in [0.25, 0.3) is 0 Å². The summed E-state index contributed by atoms with van der Waals surface area (Å²) in [5, 5.41) is 1.13. The fourth-order valence-corrected chi connectivity index (χ4v) is 4.86. The largest absolute Gasteiger partial charge is 0.243 e. The normalized spacial score (nSPS) is 11.8. The standard InChI is InChI=1S/C11H13Br2Cl2NO2S/c12-4-2-1-3-5-16-19(17,18)11-9(14)6-8(13)7-10(11)15/h6-7,16H,1-5H2. The third-order valence-corrected chi connectivity index (χ3v) is 5.73. The first-order chi connectivity index (χ1) is 8.88. The maximum atomic E-state index is 12.1. The van der Waals surface area contributed by atoms with Crippen LogP contribution in [0.1, 0.15) is 19.3 Å². The van der Waals surface area contributed by atoms with Crippen molar-refractivity contribution in [2.75, 3.05) is 11.9 Å². The van der Waals surface area contributed by atoms with E-state index in [1.54, 1.807) is 0 Å². The molecular formula is C11H13Br2Cl2NO2S. The van der Waals surface area contributed by atoms with E-state index in [0.717, 1.165) is 24.6 Å². The van der Waals surface area contributed by atoms with Crippen molar-refractivity contribution < 1.29 is 8.42 Å². The van der Waals surface area contributed by atoms with Crippen molar-refractivity contribution in [3.05, 3.63) is 26.7 Å². The molecule has 1 aromatic carbocycles. The predicted octanol–water partition coefficient (Wildman–Crippen LogP) is 4.60. The van der Waals surface area contributed by atoms with Gasteiger partial charge in [0.1, 0.15) is 4.90 Å². The number of hydrogen-bond donors (Lipinski definition) is 1. The monoisotopic (exact) mass is 451 g/mol. The van der Waals surface area contributed by atoms with E-state index >= 15 is 0 Å². The molecule has 0 aromatic heterocycles. The molecular weight excluding hydrogens is 441 g/mol. The van der Waals surface area contributed by atoms with Gasteiger partial charge in [-0.05, 0) is 25.0 Å². The van der Waals surface area contributed by atoms with Crippen LogP contribution < -0.4 is 4.72 Å². The van der Waals surface area contributed by atoms with E-state index in [2.05, 4.69) is 36.6 Å². The minimum absolute atomic E-state index is 0.0699. The first kappa shape index (κ1) is 17.7. The summed E-state index contributed by atoms with van der Waals surface area (Å²) >= 11 is 18.4. The average Bonchev–Trinajstić information content (AvgIpc) is 2.26. The van der Waals surface area contributed by atoms with Crippen molar-refractivity contribution in [1.29, 1.82) is 0 Å². The minimum atomic E-state index is -3.67. The van der Waals surface area contributed by atoms with Gasteiger partial charge in [-0.15, -0.1) is 0 Å². The Morgan fingerprint density at radius 3 is 2.21 bits per heavy atom. The molecule has 1 aromatic rings. The summed E-state index contributed by atoms with van der Waals surface area (Å²) in [7, 11) is -3.67. The highest BCUT2D eigenvalue weighted by Gasteiger charge is 2.21. The van der Waals surface area contributed by atoms with Crippen molar-refractivity contribution in [2.45, 2.75) is 24.2 Å². The molecule has 0 atom stereocenters. The molecule has 3 nitrogen and oxygen atoms in total. The lowest BCUT2D eigenvalue weighted by molar-refractivity contribution is 0.576. The van der Waals surface area contributed by atoms with Gasteiger partial charge in [0.2, 0.25) is 10.0 Å². The smallest absolute Gasteiger partial charge is 0.211 e. The number of benzene rings is 1. The Morgan fingerprint density at radius 1 is 1.11 bits per heavy atom. The van der Waals surface area contributed by atoms with Crippen molar-refractivity contribution in [1.82, 2.24) is 4.72 Å². The second-order valence-electron chi connectivity index (χ2n) is 3.85. The number of unbranched alkanes of at least 4 members (excludes halogenated alkanes) is 2. The number of rotatable bonds is 7. The number of sulfonamides is 1. The van der Waals surface area contributed by atoms with Crippen molar-refractivity contribution in [3.63, 3.8) is 0 Å². The van der Waals surface area contributed by atoms with Crippen LogP contribution in [-0.4, -0.2) is 20.3 Å². The molecule has 0 spiro atoms. The molecule has 1 N–H and O–H groups in total. The molecule has 0 aliphatic heterocycles. The van der Waals surface area contributed by atoms with E-state index in [-0.39, 0.29) is 14.9 Å². The van der Waals surface area contributed by atoms with Crippen LogP contribution in [0.2, 0.25) is 10.0 Å².